The van der Waals surface area contributed by atoms with E-state index < -0.39 is 0 Å². The monoisotopic (exact) mass is 245 g/mol. The van der Waals surface area contributed by atoms with Gasteiger partial charge in [-0.15, -0.1) is 0 Å². The maximum atomic E-state index is 6.01. The molecule has 0 aliphatic carbocycles. The van der Waals surface area contributed by atoms with E-state index in [1.807, 2.05) is 6.92 Å². The van der Waals surface area contributed by atoms with E-state index in [0.717, 1.165) is 12.0 Å². The van der Waals surface area contributed by atoms with E-state index in [9.17, 15) is 0 Å². The van der Waals surface area contributed by atoms with Gasteiger partial charge in [0.15, 0.2) is 0 Å². The van der Waals surface area contributed by atoms with Crippen molar-refractivity contribution < 1.29 is 0 Å². The van der Waals surface area contributed by atoms with Crippen LogP contribution < -0.4 is 11.3 Å². The number of nitrogens with zero attached hydrogens (tertiary/aromatic N) is 1. The van der Waals surface area contributed by atoms with E-state index in [4.69, 9.17) is 29.0 Å². The Morgan fingerprint density at radius 3 is 2.80 bits per heavy atom. The van der Waals surface area contributed by atoms with E-state index >= 15 is 0 Å². The molecule has 1 aromatic rings. The van der Waals surface area contributed by atoms with Gasteiger partial charge >= 0.3 is 0 Å². The lowest BCUT2D eigenvalue weighted by atomic mass is 10.2. The lowest BCUT2D eigenvalue weighted by Gasteiger charge is -2.08. The fourth-order valence-electron chi connectivity index (χ4n) is 1.11. The second kappa shape index (κ2) is 5.95. The maximum absolute atomic E-state index is 6.01. The van der Waals surface area contributed by atoms with Crippen LogP contribution >= 0.6 is 23.2 Å². The second-order valence-corrected chi connectivity index (χ2v) is 3.84. The van der Waals surface area contributed by atoms with Gasteiger partial charge < -0.3 is 5.43 Å². The van der Waals surface area contributed by atoms with Gasteiger partial charge in [0.05, 0.1) is 5.02 Å². The van der Waals surface area contributed by atoms with Crippen molar-refractivity contribution in [2.45, 2.75) is 13.3 Å². The molecule has 1 rings (SSSR count). The molecule has 15 heavy (non-hydrogen) atoms. The number of nitrogens with one attached hydrogen (secondary N) is 1. The van der Waals surface area contributed by atoms with Gasteiger partial charge in [0.1, 0.15) is 5.84 Å². The van der Waals surface area contributed by atoms with Crippen LogP contribution in [0.2, 0.25) is 10.0 Å². The van der Waals surface area contributed by atoms with Crippen molar-refractivity contribution in [1.29, 1.82) is 0 Å². The summed E-state index contributed by atoms with van der Waals surface area (Å²) in [6.45, 7) is 2.74. The Kier molecular flexibility index (Phi) is 4.88. The van der Waals surface area contributed by atoms with Crippen LogP contribution in [0.1, 0.15) is 18.9 Å². The van der Waals surface area contributed by atoms with Crippen molar-refractivity contribution >= 4 is 29.0 Å². The van der Waals surface area contributed by atoms with Gasteiger partial charge in [-0.3, -0.25) is 4.99 Å². The minimum atomic E-state index is 0.560. The quantitative estimate of drug-likeness (QED) is 0.373. The summed E-state index contributed by atoms with van der Waals surface area (Å²) in [5.41, 5.74) is 3.25. The van der Waals surface area contributed by atoms with E-state index in [1.54, 1.807) is 18.2 Å². The van der Waals surface area contributed by atoms with Crippen LogP contribution in [0.5, 0.6) is 0 Å². The molecule has 3 nitrogen and oxygen atoms in total. The molecule has 0 aliphatic heterocycles. The molecule has 0 amide bonds. The van der Waals surface area contributed by atoms with Gasteiger partial charge in [0, 0.05) is 17.1 Å². The van der Waals surface area contributed by atoms with E-state index in [2.05, 4.69) is 10.4 Å². The van der Waals surface area contributed by atoms with Crippen molar-refractivity contribution in [1.82, 2.24) is 5.43 Å². The summed E-state index contributed by atoms with van der Waals surface area (Å²) in [6, 6.07) is 5.18. The molecule has 0 aliphatic rings. The van der Waals surface area contributed by atoms with E-state index in [0.29, 0.717) is 22.4 Å². The molecule has 0 radical (unpaired) electrons. The molecule has 0 fully saturated rings. The Balaban J connectivity index is 3.05. The first-order valence-electron chi connectivity index (χ1n) is 4.65. The molecule has 0 atom stereocenters. The van der Waals surface area contributed by atoms with Crippen LogP contribution in [-0.2, 0) is 0 Å². The Bertz CT molecular complexity index is 364. The molecule has 0 heterocycles. The number of halogens is 2. The van der Waals surface area contributed by atoms with Crippen LogP contribution in [0, 0.1) is 0 Å². The molecule has 82 valence electrons. The topological polar surface area (TPSA) is 50.4 Å². The molecular formula is C10H13Cl2N3. The molecule has 0 aromatic heterocycles. The highest BCUT2D eigenvalue weighted by atomic mass is 35.5. The third-order valence-corrected chi connectivity index (χ3v) is 2.38. The first-order valence-corrected chi connectivity index (χ1v) is 5.41. The highest BCUT2D eigenvalue weighted by molar-refractivity contribution is 6.36. The largest absolute Gasteiger partial charge is 0.308 e. The predicted octanol–water partition coefficient (Wildman–Crippen LogP) is 2.61. The normalized spacial score (nSPS) is 11.6. The zero-order valence-electron chi connectivity index (χ0n) is 8.43. The Morgan fingerprint density at radius 2 is 2.20 bits per heavy atom. The number of hydrogen-bond donors (Lipinski definition) is 2. The highest BCUT2D eigenvalue weighted by Gasteiger charge is 2.07. The molecule has 0 bridgehead atoms. The summed E-state index contributed by atoms with van der Waals surface area (Å²) in [5, 5.41) is 1.18. The molecular weight excluding hydrogens is 233 g/mol. The smallest absolute Gasteiger partial charge is 0.144 e. The standard InChI is InChI=1S/C10H13Cl2N3/c1-2-5-14-10(15-13)8-6-7(11)3-4-9(8)12/h3-4,6H,2,5,13H2,1H3,(H,14,15). The van der Waals surface area contributed by atoms with Gasteiger partial charge in [-0.2, -0.15) is 0 Å². The second-order valence-electron chi connectivity index (χ2n) is 3.00. The number of nitrogens with two attached hydrogens (primary N) is 1. The summed E-state index contributed by atoms with van der Waals surface area (Å²) in [6.07, 6.45) is 0.948. The minimum absolute atomic E-state index is 0.560. The third kappa shape index (κ3) is 3.38. The van der Waals surface area contributed by atoms with E-state index in [-0.39, 0.29) is 0 Å². The van der Waals surface area contributed by atoms with Gasteiger partial charge in [0.2, 0.25) is 0 Å². The van der Waals surface area contributed by atoms with Crippen molar-refractivity contribution in [2.24, 2.45) is 10.8 Å². The van der Waals surface area contributed by atoms with Gasteiger partial charge in [0.25, 0.3) is 0 Å². The number of amidine groups is 1. The average molecular weight is 246 g/mol. The Hall–Kier alpha value is -0.770. The minimum Gasteiger partial charge on any atom is -0.308 e. The number of hydrogen-bond acceptors (Lipinski definition) is 2. The maximum Gasteiger partial charge on any atom is 0.144 e. The molecule has 0 unspecified atom stereocenters. The number of rotatable bonds is 3. The van der Waals surface area contributed by atoms with Crippen molar-refractivity contribution in [3.05, 3.63) is 33.8 Å². The molecule has 1 aromatic carbocycles. The number of benzene rings is 1. The fraction of sp³-hybridized carbons (Fsp3) is 0.300. The molecule has 0 spiro atoms. The summed E-state index contributed by atoms with van der Waals surface area (Å²) >= 11 is 11.9. The predicted molar refractivity (Wildman–Crippen MR) is 65.5 cm³/mol. The Labute approximate surface area is 99.3 Å². The molecule has 5 heteroatoms. The summed E-state index contributed by atoms with van der Waals surface area (Å²) in [7, 11) is 0. The molecule has 0 saturated carbocycles. The first kappa shape index (κ1) is 12.3. The van der Waals surface area contributed by atoms with Gasteiger partial charge in [-0.1, -0.05) is 30.1 Å². The molecule has 0 saturated heterocycles. The van der Waals surface area contributed by atoms with Crippen LogP contribution in [0.15, 0.2) is 23.2 Å². The SMILES string of the molecule is CCCN=C(NN)c1cc(Cl)ccc1Cl. The van der Waals surface area contributed by atoms with Crippen LogP contribution in [0.4, 0.5) is 0 Å². The van der Waals surface area contributed by atoms with Crippen molar-refractivity contribution in [3.8, 4) is 0 Å². The number of aliphatic imine (C=N–C) groups is 1. The summed E-state index contributed by atoms with van der Waals surface area (Å²) < 4.78 is 0. The lowest BCUT2D eigenvalue weighted by Crippen LogP contribution is -2.31. The third-order valence-electron chi connectivity index (χ3n) is 1.81. The summed E-state index contributed by atoms with van der Waals surface area (Å²) in [4.78, 5) is 4.27. The van der Waals surface area contributed by atoms with Crippen LogP contribution in [-0.4, -0.2) is 12.4 Å². The van der Waals surface area contributed by atoms with E-state index in [1.165, 1.54) is 0 Å². The first-order chi connectivity index (χ1) is 7.19. The highest BCUT2D eigenvalue weighted by Crippen LogP contribution is 2.20. The van der Waals surface area contributed by atoms with Gasteiger partial charge in [-0.25, -0.2) is 5.84 Å². The zero-order chi connectivity index (χ0) is 11.3. The van der Waals surface area contributed by atoms with Crippen LogP contribution in [0.25, 0.3) is 0 Å². The van der Waals surface area contributed by atoms with Crippen LogP contribution in [0.3, 0.4) is 0 Å². The zero-order valence-corrected chi connectivity index (χ0v) is 9.94. The number of hydrazine groups is 1. The average Bonchev–Trinajstić information content (AvgIpc) is 2.24. The Morgan fingerprint density at radius 1 is 1.47 bits per heavy atom. The molecule has 3 N–H and O–H groups in total. The van der Waals surface area contributed by atoms with Gasteiger partial charge in [-0.05, 0) is 24.6 Å². The lowest BCUT2D eigenvalue weighted by molar-refractivity contribution is 0.908. The summed E-state index contributed by atoms with van der Waals surface area (Å²) in [5.74, 6) is 5.94. The van der Waals surface area contributed by atoms with Crippen molar-refractivity contribution in [3.63, 3.8) is 0 Å². The fourth-order valence-corrected chi connectivity index (χ4v) is 1.49. The van der Waals surface area contributed by atoms with Crippen molar-refractivity contribution in [2.75, 3.05) is 6.54 Å².